The number of amides is 1. The van der Waals surface area contributed by atoms with Crippen molar-refractivity contribution in [3.8, 4) is 11.5 Å². The van der Waals surface area contributed by atoms with Gasteiger partial charge >= 0.3 is 6.09 Å². The van der Waals surface area contributed by atoms with E-state index in [9.17, 15) is 4.79 Å². The smallest absolute Gasteiger partial charge is 0.415 e. The number of anilines is 1. The van der Waals surface area contributed by atoms with Crippen molar-refractivity contribution in [2.24, 2.45) is 9.98 Å². The number of piperazine rings is 1. The first-order valence-corrected chi connectivity index (χ1v) is 10.4. The Morgan fingerprint density at radius 1 is 1.00 bits per heavy atom. The van der Waals surface area contributed by atoms with Gasteiger partial charge in [-0.3, -0.25) is 4.99 Å². The molecule has 8 nitrogen and oxygen atoms in total. The van der Waals surface area contributed by atoms with Crippen molar-refractivity contribution in [2.45, 2.75) is 5.92 Å². The molecule has 0 saturated carbocycles. The van der Waals surface area contributed by atoms with E-state index in [0.29, 0.717) is 31.3 Å². The Hall–Kier alpha value is -3.39. The molecule has 0 aromatic heterocycles. The standard InChI is InChI=1S/C23H27N5O3/c1-27-11-13-28(14-12-27)23(29)31-21-9-5-19(6-10-21)26-22-24-15-18(16-25-22)17-3-7-20(30-2)8-4-17/h3-10,15,18H,11-14,16H2,1-2H3,(H,25,26). The first kappa shape index (κ1) is 20.9. The van der Waals surface area contributed by atoms with Crippen LogP contribution in [0.4, 0.5) is 10.5 Å². The van der Waals surface area contributed by atoms with E-state index in [-0.39, 0.29) is 12.0 Å². The van der Waals surface area contributed by atoms with Crippen LogP contribution in [0.15, 0.2) is 58.5 Å². The van der Waals surface area contributed by atoms with Gasteiger partial charge in [-0.25, -0.2) is 9.79 Å². The Kier molecular flexibility index (Phi) is 6.47. The highest BCUT2D eigenvalue weighted by Gasteiger charge is 2.20. The predicted molar refractivity (Wildman–Crippen MR) is 122 cm³/mol. The second kappa shape index (κ2) is 9.61. The van der Waals surface area contributed by atoms with Gasteiger partial charge in [-0.05, 0) is 49.0 Å². The van der Waals surface area contributed by atoms with E-state index in [1.807, 2.05) is 49.7 Å². The minimum Gasteiger partial charge on any atom is -0.497 e. The predicted octanol–water partition coefficient (Wildman–Crippen LogP) is 3.08. The fourth-order valence-electron chi connectivity index (χ4n) is 3.44. The molecule has 4 rings (SSSR count). The molecule has 2 aliphatic rings. The van der Waals surface area contributed by atoms with Crippen LogP contribution in [0.25, 0.3) is 0 Å². The summed E-state index contributed by atoms with van der Waals surface area (Å²) in [6, 6.07) is 15.2. The maximum Gasteiger partial charge on any atom is 0.415 e. The molecule has 2 aromatic carbocycles. The normalized spacial score (nSPS) is 19.0. The molecule has 1 unspecified atom stereocenters. The lowest BCUT2D eigenvalue weighted by Crippen LogP contribution is -2.48. The summed E-state index contributed by atoms with van der Waals surface area (Å²) < 4.78 is 10.7. The minimum absolute atomic E-state index is 0.146. The summed E-state index contributed by atoms with van der Waals surface area (Å²) in [6.07, 6.45) is 1.60. The molecular weight excluding hydrogens is 394 g/mol. The zero-order valence-electron chi connectivity index (χ0n) is 17.8. The fourth-order valence-corrected chi connectivity index (χ4v) is 3.44. The van der Waals surface area contributed by atoms with E-state index in [4.69, 9.17) is 9.47 Å². The Morgan fingerprint density at radius 2 is 1.68 bits per heavy atom. The summed E-state index contributed by atoms with van der Waals surface area (Å²) in [7, 11) is 3.71. The number of hydrogen-bond donors (Lipinski definition) is 1. The van der Waals surface area contributed by atoms with Crippen molar-refractivity contribution in [2.75, 3.05) is 52.2 Å². The van der Waals surface area contributed by atoms with Gasteiger partial charge in [-0.2, -0.15) is 0 Å². The summed E-state index contributed by atoms with van der Waals surface area (Å²) in [5, 5.41) is 3.20. The maximum absolute atomic E-state index is 12.3. The molecule has 1 fully saturated rings. The van der Waals surface area contributed by atoms with Crippen LogP contribution in [0.1, 0.15) is 11.5 Å². The van der Waals surface area contributed by atoms with Crippen LogP contribution >= 0.6 is 0 Å². The van der Waals surface area contributed by atoms with Gasteiger partial charge in [0.25, 0.3) is 0 Å². The lowest BCUT2D eigenvalue weighted by Gasteiger charge is -2.31. The molecule has 8 heteroatoms. The first-order chi connectivity index (χ1) is 15.1. The number of nitrogens with one attached hydrogen (secondary N) is 1. The molecular formula is C23H27N5O3. The molecule has 0 aliphatic carbocycles. The molecule has 1 amide bonds. The lowest BCUT2D eigenvalue weighted by molar-refractivity contribution is 0.120. The molecule has 0 spiro atoms. The average molecular weight is 422 g/mol. The van der Waals surface area contributed by atoms with E-state index in [0.717, 1.165) is 30.1 Å². The number of rotatable bonds is 4. The zero-order chi connectivity index (χ0) is 21.6. The highest BCUT2D eigenvalue weighted by atomic mass is 16.6. The highest BCUT2D eigenvalue weighted by molar-refractivity contribution is 6.00. The van der Waals surface area contributed by atoms with E-state index in [1.165, 1.54) is 0 Å². The number of ether oxygens (including phenoxy) is 2. The quantitative estimate of drug-likeness (QED) is 0.821. The van der Waals surface area contributed by atoms with Gasteiger partial charge in [0, 0.05) is 44.0 Å². The van der Waals surface area contributed by atoms with E-state index < -0.39 is 0 Å². The van der Waals surface area contributed by atoms with Crippen molar-refractivity contribution < 1.29 is 14.3 Å². The van der Waals surface area contributed by atoms with Crippen molar-refractivity contribution in [1.29, 1.82) is 0 Å². The maximum atomic E-state index is 12.3. The van der Waals surface area contributed by atoms with Gasteiger partial charge in [-0.15, -0.1) is 0 Å². The summed E-state index contributed by atoms with van der Waals surface area (Å²) in [6.45, 7) is 3.72. The Bertz CT molecular complexity index is 948. The van der Waals surface area contributed by atoms with Crippen molar-refractivity contribution in [1.82, 2.24) is 9.80 Å². The molecule has 31 heavy (non-hydrogen) atoms. The van der Waals surface area contributed by atoms with E-state index in [2.05, 4.69) is 20.2 Å². The summed E-state index contributed by atoms with van der Waals surface area (Å²) in [5.74, 6) is 2.06. The van der Waals surface area contributed by atoms with Crippen molar-refractivity contribution in [3.05, 3.63) is 54.1 Å². The number of hydrogen-bond acceptors (Lipinski definition) is 7. The SMILES string of the molecule is COc1ccc(C2C=NC(Nc3ccc(OC(=O)N4CCN(C)CC4)cc3)=NC2)cc1. The molecule has 1 N–H and O–H groups in total. The summed E-state index contributed by atoms with van der Waals surface area (Å²) >= 11 is 0. The van der Waals surface area contributed by atoms with Gasteiger partial charge in [0.05, 0.1) is 13.7 Å². The van der Waals surface area contributed by atoms with E-state index in [1.54, 1.807) is 24.1 Å². The number of nitrogens with zero attached hydrogens (tertiary/aromatic N) is 4. The lowest BCUT2D eigenvalue weighted by atomic mass is 10.00. The zero-order valence-corrected chi connectivity index (χ0v) is 17.8. The molecule has 0 bridgehead atoms. The topological polar surface area (TPSA) is 78.8 Å². The third kappa shape index (κ3) is 5.40. The number of guanidine groups is 1. The van der Waals surface area contributed by atoms with Crippen LogP contribution in [0, 0.1) is 0 Å². The van der Waals surface area contributed by atoms with Crippen LogP contribution in [0.3, 0.4) is 0 Å². The number of benzene rings is 2. The van der Waals surface area contributed by atoms with Gasteiger partial charge < -0.3 is 24.6 Å². The molecule has 0 radical (unpaired) electrons. The third-order valence-corrected chi connectivity index (χ3v) is 5.44. The molecule has 1 saturated heterocycles. The monoisotopic (exact) mass is 421 g/mol. The van der Waals surface area contributed by atoms with Crippen LogP contribution < -0.4 is 14.8 Å². The third-order valence-electron chi connectivity index (χ3n) is 5.44. The molecule has 2 aliphatic heterocycles. The first-order valence-electron chi connectivity index (χ1n) is 10.4. The number of aliphatic imine (C=N–C) groups is 2. The minimum atomic E-state index is -0.306. The second-order valence-corrected chi connectivity index (χ2v) is 7.63. The van der Waals surface area contributed by atoms with Crippen molar-refractivity contribution in [3.63, 3.8) is 0 Å². The largest absolute Gasteiger partial charge is 0.497 e. The Balaban J connectivity index is 1.28. The van der Waals surface area contributed by atoms with Crippen LogP contribution in [-0.2, 0) is 0 Å². The number of carbonyl (C=O) groups is 1. The van der Waals surface area contributed by atoms with Crippen LogP contribution in [-0.4, -0.2) is 74.9 Å². The highest BCUT2D eigenvalue weighted by Crippen LogP contribution is 2.21. The average Bonchev–Trinajstić information content (AvgIpc) is 2.81. The molecule has 2 heterocycles. The van der Waals surface area contributed by atoms with Crippen molar-refractivity contribution >= 4 is 24.0 Å². The van der Waals surface area contributed by atoms with E-state index >= 15 is 0 Å². The fraction of sp³-hybridized carbons (Fsp3) is 0.348. The number of likely N-dealkylation sites (N-methyl/N-ethyl adjacent to an activating group) is 1. The Morgan fingerprint density at radius 3 is 2.29 bits per heavy atom. The summed E-state index contributed by atoms with van der Waals surface area (Å²) in [5.41, 5.74) is 1.98. The second-order valence-electron chi connectivity index (χ2n) is 7.63. The van der Waals surface area contributed by atoms with Crippen LogP contribution in [0.2, 0.25) is 0 Å². The summed E-state index contributed by atoms with van der Waals surface area (Å²) in [4.78, 5) is 25.2. The molecule has 2 aromatic rings. The van der Waals surface area contributed by atoms with Gasteiger partial charge in [0.1, 0.15) is 11.5 Å². The Labute approximate surface area is 182 Å². The van der Waals surface area contributed by atoms with Crippen LogP contribution in [0.5, 0.6) is 11.5 Å². The van der Waals surface area contributed by atoms with Gasteiger partial charge in [0.2, 0.25) is 5.96 Å². The molecule has 1 atom stereocenters. The van der Waals surface area contributed by atoms with Gasteiger partial charge in [-0.1, -0.05) is 12.1 Å². The van der Waals surface area contributed by atoms with Gasteiger partial charge in [0.15, 0.2) is 0 Å². The molecule has 162 valence electrons. The number of carbonyl (C=O) groups excluding carboxylic acids is 1. The number of methoxy groups -OCH3 is 1.